The lowest BCUT2D eigenvalue weighted by Crippen LogP contribution is -1.97. The fraction of sp³-hybridized carbons (Fsp3) is 0. The maximum atomic E-state index is 11.3. The van der Waals surface area contributed by atoms with Crippen LogP contribution in [0.15, 0.2) is 145 Å². The third-order valence-corrected chi connectivity index (χ3v) is 9.29. The topological polar surface area (TPSA) is 113 Å². The van der Waals surface area contributed by atoms with E-state index in [4.69, 9.17) is 6.57 Å². The van der Waals surface area contributed by atoms with Gasteiger partial charge in [-0.2, -0.15) is 5.26 Å². The van der Waals surface area contributed by atoms with E-state index >= 15 is 0 Å². The van der Waals surface area contributed by atoms with Crippen molar-refractivity contribution in [3.8, 4) is 28.6 Å². The first-order valence-corrected chi connectivity index (χ1v) is 16.3. The lowest BCUT2D eigenvalue weighted by atomic mass is 10.0. The quantitative estimate of drug-likeness (QED) is 0.0993. The number of fused-ring (bicyclic) bond motifs is 6. The number of carboxylic acid groups (broad SMARTS) is 2. The predicted octanol–water partition coefficient (Wildman–Crippen LogP) is 9.88. The van der Waals surface area contributed by atoms with Gasteiger partial charge in [-0.15, -0.1) is 0 Å². The molecule has 2 N–H and O–H groups in total. The van der Waals surface area contributed by atoms with Crippen molar-refractivity contribution in [2.75, 3.05) is 0 Å². The number of aliphatic carboxylic acids is 2. The average Bonchev–Trinajstić information content (AvgIpc) is 3.68. The summed E-state index contributed by atoms with van der Waals surface area (Å²) in [4.78, 5) is 25.8. The van der Waals surface area contributed by atoms with Gasteiger partial charge in [0, 0.05) is 32.9 Å². The first-order valence-electron chi connectivity index (χ1n) is 16.3. The SMILES string of the molecule is [C-]#[N+]C(=Cc1ccc(-n2c3ccccc3c3cc(-c4ccc5c(c4)c4ccccc4n5-c4ccc(C=C(C#N)C(=O)O)cc4)ccc32)cc1)C(=O)O. The molecule has 52 heavy (non-hydrogen) atoms. The minimum Gasteiger partial charge on any atom is -0.486 e. The van der Waals surface area contributed by atoms with Crippen LogP contribution < -0.4 is 0 Å². The fourth-order valence-corrected chi connectivity index (χ4v) is 6.91. The zero-order chi connectivity index (χ0) is 35.9. The molecule has 2 heterocycles. The number of carboxylic acids is 2. The Morgan fingerprint density at radius 3 is 1.44 bits per heavy atom. The molecule has 0 aliphatic heterocycles. The van der Waals surface area contributed by atoms with Gasteiger partial charge in [0.15, 0.2) is 0 Å². The van der Waals surface area contributed by atoms with Crippen molar-refractivity contribution in [3.05, 3.63) is 167 Å². The van der Waals surface area contributed by atoms with E-state index in [1.54, 1.807) is 6.07 Å². The molecule has 8 aromatic rings. The van der Waals surface area contributed by atoms with E-state index in [1.165, 1.54) is 12.2 Å². The second kappa shape index (κ2) is 12.6. The van der Waals surface area contributed by atoms with Crippen molar-refractivity contribution in [3.63, 3.8) is 0 Å². The fourth-order valence-electron chi connectivity index (χ4n) is 6.91. The van der Waals surface area contributed by atoms with E-state index in [-0.39, 0.29) is 11.3 Å². The van der Waals surface area contributed by atoms with Crippen molar-refractivity contribution in [1.29, 1.82) is 5.26 Å². The van der Waals surface area contributed by atoms with Gasteiger partial charge in [-0.3, -0.25) is 4.79 Å². The number of benzene rings is 6. The summed E-state index contributed by atoms with van der Waals surface area (Å²) < 4.78 is 4.38. The van der Waals surface area contributed by atoms with Gasteiger partial charge < -0.3 is 19.3 Å². The highest BCUT2D eigenvalue weighted by Gasteiger charge is 2.16. The number of hydrogen-bond acceptors (Lipinski definition) is 3. The van der Waals surface area contributed by atoms with Crippen LogP contribution in [0.3, 0.4) is 0 Å². The summed E-state index contributed by atoms with van der Waals surface area (Å²) in [6.45, 7) is 7.15. The Bertz CT molecular complexity index is 2710. The summed E-state index contributed by atoms with van der Waals surface area (Å²) >= 11 is 0. The number of nitrogens with zero attached hydrogens (tertiary/aromatic N) is 4. The molecular formula is C44H26N4O4. The zero-order valence-electron chi connectivity index (χ0n) is 27.4. The molecule has 0 radical (unpaired) electrons. The average molecular weight is 675 g/mol. The Kier molecular flexibility index (Phi) is 7.68. The standard InChI is InChI=1S/C44H26N4O4/c1-46-38(44(51)52)23-28-12-18-33(19-13-28)48-40-9-5-3-7-35(40)37-25-30(15-21-42(37)48)29-14-20-41-36(24-29)34-6-2-4-8-39(34)47(41)32-16-10-27(11-17-32)22-31(26-45)43(49)50/h2-25H,(H,49,50)(H,51,52). The number of rotatable bonds is 7. The molecule has 6 aromatic carbocycles. The molecule has 8 rings (SSSR count). The lowest BCUT2D eigenvalue weighted by Gasteiger charge is -2.10. The van der Waals surface area contributed by atoms with Gasteiger partial charge in [0.05, 0.1) is 28.6 Å². The van der Waals surface area contributed by atoms with Crippen LogP contribution in [0.4, 0.5) is 0 Å². The molecule has 0 amide bonds. The van der Waals surface area contributed by atoms with Crippen LogP contribution in [0.1, 0.15) is 11.1 Å². The maximum absolute atomic E-state index is 11.3. The number of para-hydroxylation sites is 2. The summed E-state index contributed by atoms with van der Waals surface area (Å²) in [6, 6.07) is 46.2. The van der Waals surface area contributed by atoms with Crippen molar-refractivity contribution in [2.45, 2.75) is 0 Å². The summed E-state index contributed by atoms with van der Waals surface area (Å²) in [6.07, 6.45) is 2.74. The molecule has 0 atom stereocenters. The van der Waals surface area contributed by atoms with Gasteiger partial charge in [0.2, 0.25) is 0 Å². The van der Waals surface area contributed by atoms with Crippen LogP contribution in [-0.2, 0) is 9.59 Å². The molecule has 246 valence electrons. The molecule has 0 aliphatic rings. The molecule has 8 nitrogen and oxygen atoms in total. The molecular weight excluding hydrogens is 649 g/mol. The Labute approximate surface area is 297 Å². The van der Waals surface area contributed by atoms with Crippen LogP contribution in [0.5, 0.6) is 0 Å². The molecule has 0 fully saturated rings. The molecule has 2 aromatic heterocycles. The Balaban J connectivity index is 1.22. The van der Waals surface area contributed by atoms with Crippen molar-refractivity contribution in [1.82, 2.24) is 9.13 Å². The Hall–Kier alpha value is -7.68. The third-order valence-electron chi connectivity index (χ3n) is 9.29. The van der Waals surface area contributed by atoms with Crippen molar-refractivity contribution < 1.29 is 19.8 Å². The lowest BCUT2D eigenvalue weighted by molar-refractivity contribution is -0.133. The Morgan fingerprint density at radius 1 is 0.577 bits per heavy atom. The van der Waals surface area contributed by atoms with E-state index in [9.17, 15) is 25.1 Å². The number of nitriles is 1. The summed E-state index contributed by atoms with van der Waals surface area (Å²) in [7, 11) is 0. The number of carbonyl (C=O) groups is 2. The first kappa shape index (κ1) is 31.6. The molecule has 0 bridgehead atoms. The molecule has 0 saturated heterocycles. The van der Waals surface area contributed by atoms with E-state index in [0.29, 0.717) is 11.1 Å². The first-order chi connectivity index (χ1) is 25.3. The summed E-state index contributed by atoms with van der Waals surface area (Å²) in [5, 5.41) is 32.1. The van der Waals surface area contributed by atoms with Crippen LogP contribution in [0, 0.1) is 17.9 Å². The second-order valence-corrected chi connectivity index (χ2v) is 12.3. The second-order valence-electron chi connectivity index (χ2n) is 12.3. The summed E-state index contributed by atoms with van der Waals surface area (Å²) in [5.41, 5.74) is 8.70. The van der Waals surface area contributed by atoms with Gasteiger partial charge in [0.1, 0.15) is 11.6 Å². The van der Waals surface area contributed by atoms with Crippen LogP contribution >= 0.6 is 0 Å². The number of hydrogen-bond donors (Lipinski definition) is 2. The van der Waals surface area contributed by atoms with Gasteiger partial charge in [-0.25, -0.2) is 9.64 Å². The van der Waals surface area contributed by atoms with E-state index < -0.39 is 11.9 Å². The normalized spacial score (nSPS) is 12.0. The highest BCUT2D eigenvalue weighted by molar-refractivity contribution is 6.12. The van der Waals surface area contributed by atoms with Gasteiger partial charge in [-0.1, -0.05) is 72.8 Å². The minimum atomic E-state index is -1.26. The zero-order valence-corrected chi connectivity index (χ0v) is 27.4. The molecule has 8 heteroatoms. The van der Waals surface area contributed by atoms with Crippen molar-refractivity contribution in [2.24, 2.45) is 0 Å². The van der Waals surface area contributed by atoms with Crippen molar-refractivity contribution >= 4 is 67.7 Å². The third kappa shape index (κ3) is 5.34. The van der Waals surface area contributed by atoms with E-state index in [2.05, 4.69) is 74.6 Å². The van der Waals surface area contributed by atoms with E-state index in [1.807, 2.05) is 72.8 Å². The molecule has 0 spiro atoms. The molecule has 0 saturated carbocycles. The molecule has 0 unspecified atom stereocenters. The smallest absolute Gasteiger partial charge is 0.346 e. The maximum Gasteiger partial charge on any atom is 0.346 e. The van der Waals surface area contributed by atoms with Crippen LogP contribution in [0.2, 0.25) is 0 Å². The van der Waals surface area contributed by atoms with Gasteiger partial charge in [0.25, 0.3) is 5.70 Å². The van der Waals surface area contributed by atoms with Crippen LogP contribution in [0.25, 0.3) is 83.1 Å². The monoisotopic (exact) mass is 674 g/mol. The highest BCUT2D eigenvalue weighted by Crippen LogP contribution is 2.38. The van der Waals surface area contributed by atoms with Gasteiger partial charge in [-0.05, 0) is 95.1 Å². The van der Waals surface area contributed by atoms with E-state index in [0.717, 1.165) is 66.1 Å². The number of aromatic nitrogens is 2. The molecule has 0 aliphatic carbocycles. The Morgan fingerprint density at radius 2 is 1.02 bits per heavy atom. The van der Waals surface area contributed by atoms with Gasteiger partial charge >= 0.3 is 11.9 Å². The largest absolute Gasteiger partial charge is 0.486 e. The highest BCUT2D eigenvalue weighted by atomic mass is 16.4. The predicted molar refractivity (Wildman–Crippen MR) is 204 cm³/mol. The summed E-state index contributed by atoms with van der Waals surface area (Å²) in [5.74, 6) is -2.51. The van der Waals surface area contributed by atoms with Crippen LogP contribution in [-0.4, -0.2) is 31.3 Å². The minimum absolute atomic E-state index is 0.321.